The van der Waals surface area contributed by atoms with E-state index in [1.165, 1.54) is 32.5 Å². The molecule has 0 bridgehead atoms. The summed E-state index contributed by atoms with van der Waals surface area (Å²) in [7, 11) is 4.37. The molecule has 3 heteroatoms. The summed E-state index contributed by atoms with van der Waals surface area (Å²) in [6.07, 6.45) is 2.53. The van der Waals surface area contributed by atoms with Gasteiger partial charge in [-0.05, 0) is 51.4 Å². The molecule has 2 N–H and O–H groups in total. The summed E-state index contributed by atoms with van der Waals surface area (Å²) >= 11 is 0. The number of rotatable bonds is 5. The molecule has 2 atom stereocenters. The van der Waals surface area contributed by atoms with Gasteiger partial charge in [0.05, 0.1) is 0 Å². The first-order valence-electron chi connectivity index (χ1n) is 6.90. The summed E-state index contributed by atoms with van der Waals surface area (Å²) in [6, 6.07) is 0.739. The lowest BCUT2D eigenvalue weighted by Crippen LogP contribution is -2.36. The molecule has 0 aromatic heterocycles. The molecule has 1 heterocycles. The van der Waals surface area contributed by atoms with Crippen LogP contribution < -0.4 is 5.73 Å². The topological polar surface area (TPSA) is 32.5 Å². The first-order chi connectivity index (χ1) is 7.81. The zero-order valence-corrected chi connectivity index (χ0v) is 12.4. The van der Waals surface area contributed by atoms with E-state index in [0.29, 0.717) is 11.3 Å². The summed E-state index contributed by atoms with van der Waals surface area (Å²) in [5.41, 5.74) is 6.31. The SMILES string of the molecule is CN(C)C1CCN(CC(CN)CC(C)(C)C)C1. The second-order valence-corrected chi connectivity index (χ2v) is 7.03. The lowest BCUT2D eigenvalue weighted by Gasteiger charge is -2.29. The van der Waals surface area contributed by atoms with Crippen LogP contribution in [0.25, 0.3) is 0 Å². The van der Waals surface area contributed by atoms with Crippen LogP contribution >= 0.6 is 0 Å². The van der Waals surface area contributed by atoms with Crippen LogP contribution in [0.1, 0.15) is 33.6 Å². The maximum atomic E-state index is 5.92. The fraction of sp³-hybridized carbons (Fsp3) is 1.00. The number of nitrogens with two attached hydrogens (primary N) is 1. The Morgan fingerprint density at radius 3 is 2.41 bits per heavy atom. The Hall–Kier alpha value is -0.120. The Bertz CT molecular complexity index is 220. The Morgan fingerprint density at radius 1 is 1.35 bits per heavy atom. The minimum Gasteiger partial charge on any atom is -0.330 e. The van der Waals surface area contributed by atoms with Crippen molar-refractivity contribution in [2.24, 2.45) is 17.1 Å². The van der Waals surface area contributed by atoms with Crippen molar-refractivity contribution in [2.75, 3.05) is 40.3 Å². The molecule has 3 nitrogen and oxygen atoms in total. The van der Waals surface area contributed by atoms with E-state index in [2.05, 4.69) is 44.7 Å². The summed E-state index contributed by atoms with van der Waals surface area (Å²) < 4.78 is 0. The van der Waals surface area contributed by atoms with Gasteiger partial charge in [-0.15, -0.1) is 0 Å². The molecule has 1 rings (SSSR count). The molecule has 0 aromatic rings. The average molecular weight is 241 g/mol. The number of likely N-dealkylation sites (N-methyl/N-ethyl adjacent to an activating group) is 1. The Balaban J connectivity index is 2.37. The van der Waals surface area contributed by atoms with Crippen molar-refractivity contribution < 1.29 is 0 Å². The van der Waals surface area contributed by atoms with Crippen LogP contribution in [0.15, 0.2) is 0 Å². The zero-order valence-electron chi connectivity index (χ0n) is 12.4. The molecule has 1 saturated heterocycles. The van der Waals surface area contributed by atoms with E-state index >= 15 is 0 Å². The van der Waals surface area contributed by atoms with Crippen LogP contribution in [0.5, 0.6) is 0 Å². The van der Waals surface area contributed by atoms with Crippen molar-refractivity contribution in [3.63, 3.8) is 0 Å². The Labute approximate surface area is 107 Å². The predicted octanol–water partition coefficient (Wildman–Crippen LogP) is 1.63. The fourth-order valence-corrected chi connectivity index (χ4v) is 2.85. The quantitative estimate of drug-likeness (QED) is 0.794. The number of nitrogens with zero attached hydrogens (tertiary/aromatic N) is 2. The van der Waals surface area contributed by atoms with E-state index < -0.39 is 0 Å². The van der Waals surface area contributed by atoms with Crippen molar-refractivity contribution in [3.05, 3.63) is 0 Å². The van der Waals surface area contributed by atoms with Gasteiger partial charge in [-0.25, -0.2) is 0 Å². The van der Waals surface area contributed by atoms with E-state index in [0.717, 1.165) is 12.6 Å². The van der Waals surface area contributed by atoms with Gasteiger partial charge in [-0.1, -0.05) is 20.8 Å². The predicted molar refractivity (Wildman–Crippen MR) is 75.1 cm³/mol. The van der Waals surface area contributed by atoms with Crippen molar-refractivity contribution in [3.8, 4) is 0 Å². The third kappa shape index (κ3) is 5.36. The monoisotopic (exact) mass is 241 g/mol. The van der Waals surface area contributed by atoms with E-state index in [-0.39, 0.29) is 0 Å². The van der Waals surface area contributed by atoms with Crippen molar-refractivity contribution >= 4 is 0 Å². The number of hydrogen-bond acceptors (Lipinski definition) is 3. The minimum atomic E-state index is 0.394. The molecule has 1 fully saturated rings. The minimum absolute atomic E-state index is 0.394. The van der Waals surface area contributed by atoms with E-state index in [1.807, 2.05) is 0 Å². The molecular formula is C14H31N3. The van der Waals surface area contributed by atoms with Gasteiger partial charge in [-0.2, -0.15) is 0 Å². The molecule has 2 unspecified atom stereocenters. The van der Waals surface area contributed by atoms with Crippen molar-refractivity contribution in [1.82, 2.24) is 9.80 Å². The van der Waals surface area contributed by atoms with Gasteiger partial charge in [0.2, 0.25) is 0 Å². The highest BCUT2D eigenvalue weighted by atomic mass is 15.2. The van der Waals surface area contributed by atoms with E-state index in [4.69, 9.17) is 5.73 Å². The van der Waals surface area contributed by atoms with E-state index in [1.54, 1.807) is 0 Å². The largest absolute Gasteiger partial charge is 0.330 e. The molecule has 0 amide bonds. The van der Waals surface area contributed by atoms with Crippen molar-refractivity contribution in [1.29, 1.82) is 0 Å². The van der Waals surface area contributed by atoms with Gasteiger partial charge in [0.1, 0.15) is 0 Å². The molecule has 17 heavy (non-hydrogen) atoms. The molecule has 0 radical (unpaired) electrons. The van der Waals surface area contributed by atoms with Crippen LogP contribution in [-0.2, 0) is 0 Å². The second-order valence-electron chi connectivity index (χ2n) is 7.03. The molecule has 1 aliphatic rings. The van der Waals surface area contributed by atoms with Crippen LogP contribution in [0.4, 0.5) is 0 Å². The summed E-state index contributed by atoms with van der Waals surface area (Å²) in [5, 5.41) is 0. The zero-order chi connectivity index (χ0) is 13.1. The van der Waals surface area contributed by atoms with Gasteiger partial charge in [0, 0.05) is 19.1 Å². The van der Waals surface area contributed by atoms with E-state index in [9.17, 15) is 0 Å². The Kier molecular flexibility index (Phi) is 5.42. The van der Waals surface area contributed by atoms with Gasteiger partial charge in [-0.3, -0.25) is 0 Å². The van der Waals surface area contributed by atoms with Crippen LogP contribution in [-0.4, -0.2) is 56.1 Å². The normalized spacial score (nSPS) is 24.5. The fourth-order valence-electron chi connectivity index (χ4n) is 2.85. The van der Waals surface area contributed by atoms with Crippen LogP contribution in [0, 0.1) is 11.3 Å². The van der Waals surface area contributed by atoms with Crippen LogP contribution in [0.3, 0.4) is 0 Å². The van der Waals surface area contributed by atoms with Crippen molar-refractivity contribution in [2.45, 2.75) is 39.7 Å². The molecule has 0 aromatic carbocycles. The molecule has 102 valence electrons. The molecule has 0 saturated carbocycles. The third-order valence-electron chi connectivity index (χ3n) is 3.73. The third-order valence-corrected chi connectivity index (χ3v) is 3.73. The smallest absolute Gasteiger partial charge is 0.0229 e. The van der Waals surface area contributed by atoms with Crippen LogP contribution in [0.2, 0.25) is 0 Å². The lowest BCUT2D eigenvalue weighted by molar-refractivity contribution is 0.207. The second kappa shape index (κ2) is 6.17. The lowest BCUT2D eigenvalue weighted by atomic mass is 9.84. The van der Waals surface area contributed by atoms with Gasteiger partial charge in [0.25, 0.3) is 0 Å². The first kappa shape index (κ1) is 14.9. The number of likely N-dealkylation sites (tertiary alicyclic amines) is 1. The maximum Gasteiger partial charge on any atom is 0.0229 e. The molecule has 0 aliphatic carbocycles. The number of hydrogen-bond donors (Lipinski definition) is 1. The highest BCUT2D eigenvalue weighted by Gasteiger charge is 2.27. The summed E-state index contributed by atoms with van der Waals surface area (Å²) in [4.78, 5) is 4.94. The average Bonchev–Trinajstić information content (AvgIpc) is 2.63. The first-order valence-corrected chi connectivity index (χ1v) is 6.90. The summed E-state index contributed by atoms with van der Waals surface area (Å²) in [6.45, 7) is 11.4. The highest BCUT2D eigenvalue weighted by Crippen LogP contribution is 2.25. The molecular weight excluding hydrogens is 210 g/mol. The Morgan fingerprint density at radius 2 is 2.00 bits per heavy atom. The standard InChI is InChI=1S/C14H31N3/c1-14(2,3)8-12(9-15)10-17-7-6-13(11-17)16(4)5/h12-13H,6-11,15H2,1-5H3. The highest BCUT2D eigenvalue weighted by molar-refractivity contribution is 4.83. The molecule has 0 spiro atoms. The molecule has 1 aliphatic heterocycles. The van der Waals surface area contributed by atoms with Gasteiger partial charge < -0.3 is 15.5 Å². The maximum absolute atomic E-state index is 5.92. The summed E-state index contributed by atoms with van der Waals surface area (Å²) in [5.74, 6) is 0.649. The van der Waals surface area contributed by atoms with Gasteiger partial charge in [0.15, 0.2) is 0 Å². The van der Waals surface area contributed by atoms with Gasteiger partial charge >= 0.3 is 0 Å².